The summed E-state index contributed by atoms with van der Waals surface area (Å²) in [5, 5.41) is 9.27. The number of nitriles is 1. The van der Waals surface area contributed by atoms with Crippen molar-refractivity contribution in [2.45, 2.75) is 26.7 Å². The van der Waals surface area contributed by atoms with Crippen LogP contribution in [0.1, 0.15) is 32.3 Å². The number of hydrogen-bond acceptors (Lipinski definition) is 3. The standard InChI is InChI=1S/C21H27N3/c1-21(2)12-17(11-18(13-21)19(14-22)15-23)6-5-16-7-9-20(10-8-16)24(3)4/h5-11H,12-14,22H2,1-4H3/b6-5+,19-18+. The molecule has 0 aromatic heterocycles. The number of allylic oxidation sites excluding steroid dienone is 4. The third kappa shape index (κ3) is 4.59. The molecule has 0 heterocycles. The first-order valence-electron chi connectivity index (χ1n) is 8.33. The number of nitrogens with zero attached hydrogens (tertiary/aromatic N) is 2. The van der Waals surface area contributed by atoms with Crippen molar-refractivity contribution in [3.05, 3.63) is 58.7 Å². The zero-order valence-electron chi connectivity index (χ0n) is 15.1. The van der Waals surface area contributed by atoms with Gasteiger partial charge in [0.2, 0.25) is 0 Å². The minimum Gasteiger partial charge on any atom is -0.378 e. The molecule has 0 unspecified atom stereocenters. The molecule has 0 spiro atoms. The summed E-state index contributed by atoms with van der Waals surface area (Å²) in [5.41, 5.74) is 11.3. The van der Waals surface area contributed by atoms with E-state index >= 15 is 0 Å². The van der Waals surface area contributed by atoms with E-state index in [-0.39, 0.29) is 5.41 Å². The second-order valence-electron chi connectivity index (χ2n) is 7.38. The van der Waals surface area contributed by atoms with Crippen LogP contribution in [0.3, 0.4) is 0 Å². The fraction of sp³-hybridized carbons (Fsp3) is 0.381. The first kappa shape index (κ1) is 18.0. The van der Waals surface area contributed by atoms with E-state index in [1.807, 2.05) is 14.1 Å². The van der Waals surface area contributed by atoms with Gasteiger partial charge in [-0.05, 0) is 47.1 Å². The molecule has 1 aromatic carbocycles. The highest BCUT2D eigenvalue weighted by molar-refractivity contribution is 5.58. The van der Waals surface area contributed by atoms with Crippen LogP contribution >= 0.6 is 0 Å². The van der Waals surface area contributed by atoms with E-state index in [0.29, 0.717) is 12.1 Å². The molecule has 2 N–H and O–H groups in total. The molecule has 3 nitrogen and oxygen atoms in total. The average Bonchev–Trinajstić information content (AvgIpc) is 2.53. The van der Waals surface area contributed by atoms with E-state index in [1.165, 1.54) is 16.8 Å². The van der Waals surface area contributed by atoms with Crippen molar-refractivity contribution in [3.63, 3.8) is 0 Å². The lowest BCUT2D eigenvalue weighted by atomic mass is 9.74. The van der Waals surface area contributed by atoms with Crippen molar-refractivity contribution in [2.75, 3.05) is 25.5 Å². The number of nitrogens with two attached hydrogens (primary N) is 1. The van der Waals surface area contributed by atoms with Gasteiger partial charge in [-0.25, -0.2) is 0 Å². The lowest BCUT2D eigenvalue weighted by Gasteiger charge is -2.31. The Labute approximate surface area is 145 Å². The topological polar surface area (TPSA) is 53.0 Å². The molecule has 0 fully saturated rings. The minimum atomic E-state index is 0.149. The second kappa shape index (κ2) is 7.51. The number of hydrogen-bond donors (Lipinski definition) is 1. The Morgan fingerprint density at radius 2 is 1.88 bits per heavy atom. The van der Waals surface area contributed by atoms with Crippen molar-refractivity contribution >= 4 is 11.8 Å². The van der Waals surface area contributed by atoms with Crippen molar-refractivity contribution < 1.29 is 0 Å². The van der Waals surface area contributed by atoms with E-state index in [1.54, 1.807) is 0 Å². The van der Waals surface area contributed by atoms with Crippen molar-refractivity contribution in [3.8, 4) is 6.07 Å². The van der Waals surface area contributed by atoms with Gasteiger partial charge < -0.3 is 10.6 Å². The normalized spacial score (nSPS) is 18.9. The van der Waals surface area contributed by atoms with Crippen LogP contribution in [0.25, 0.3) is 6.08 Å². The van der Waals surface area contributed by atoms with Gasteiger partial charge in [-0.1, -0.05) is 44.2 Å². The molecule has 0 atom stereocenters. The largest absolute Gasteiger partial charge is 0.378 e. The van der Waals surface area contributed by atoms with Gasteiger partial charge in [0.15, 0.2) is 0 Å². The Morgan fingerprint density at radius 1 is 1.21 bits per heavy atom. The number of anilines is 1. The molecule has 0 bridgehead atoms. The fourth-order valence-corrected chi connectivity index (χ4v) is 3.09. The van der Waals surface area contributed by atoms with Crippen LogP contribution in [-0.4, -0.2) is 20.6 Å². The van der Waals surface area contributed by atoms with Crippen LogP contribution in [0, 0.1) is 16.7 Å². The highest BCUT2D eigenvalue weighted by atomic mass is 15.1. The van der Waals surface area contributed by atoms with E-state index < -0.39 is 0 Å². The lowest BCUT2D eigenvalue weighted by molar-refractivity contribution is 0.354. The molecule has 2 rings (SSSR count). The van der Waals surface area contributed by atoms with Gasteiger partial charge in [0.05, 0.1) is 6.07 Å². The summed E-state index contributed by atoms with van der Waals surface area (Å²) in [6.45, 7) is 4.79. The number of rotatable bonds is 4. The Bertz CT molecular complexity index is 710. The summed E-state index contributed by atoms with van der Waals surface area (Å²) in [4.78, 5) is 2.09. The summed E-state index contributed by atoms with van der Waals surface area (Å²) in [6.07, 6.45) is 8.35. The van der Waals surface area contributed by atoms with Crippen molar-refractivity contribution in [1.82, 2.24) is 0 Å². The van der Waals surface area contributed by atoms with Crippen LogP contribution in [0.5, 0.6) is 0 Å². The Morgan fingerprint density at radius 3 is 2.42 bits per heavy atom. The molecule has 1 aromatic rings. The highest BCUT2D eigenvalue weighted by Gasteiger charge is 2.25. The Kier molecular flexibility index (Phi) is 5.64. The molecule has 0 amide bonds. The highest BCUT2D eigenvalue weighted by Crippen LogP contribution is 2.39. The van der Waals surface area contributed by atoms with Gasteiger partial charge in [0, 0.05) is 31.9 Å². The molecular formula is C21H27N3. The quantitative estimate of drug-likeness (QED) is 0.842. The molecule has 24 heavy (non-hydrogen) atoms. The summed E-state index contributed by atoms with van der Waals surface area (Å²) in [5.74, 6) is 0. The van der Waals surface area contributed by atoms with Crippen LogP contribution in [0.15, 0.2) is 53.1 Å². The molecular weight excluding hydrogens is 294 g/mol. The summed E-state index contributed by atoms with van der Waals surface area (Å²) in [6, 6.07) is 10.7. The summed E-state index contributed by atoms with van der Waals surface area (Å²) < 4.78 is 0. The fourth-order valence-electron chi connectivity index (χ4n) is 3.09. The monoisotopic (exact) mass is 321 g/mol. The van der Waals surface area contributed by atoms with Crippen LogP contribution < -0.4 is 10.6 Å². The molecule has 1 aliphatic carbocycles. The van der Waals surface area contributed by atoms with E-state index in [9.17, 15) is 5.26 Å². The van der Waals surface area contributed by atoms with Crippen molar-refractivity contribution in [1.29, 1.82) is 5.26 Å². The van der Waals surface area contributed by atoms with Crippen LogP contribution in [0.4, 0.5) is 5.69 Å². The third-order valence-electron chi connectivity index (χ3n) is 4.34. The van der Waals surface area contributed by atoms with Gasteiger partial charge >= 0.3 is 0 Å². The summed E-state index contributed by atoms with van der Waals surface area (Å²) in [7, 11) is 4.08. The molecule has 0 radical (unpaired) electrons. The van der Waals surface area contributed by atoms with Crippen molar-refractivity contribution in [2.24, 2.45) is 11.1 Å². The first-order chi connectivity index (χ1) is 11.3. The van der Waals surface area contributed by atoms with E-state index in [4.69, 9.17) is 5.73 Å². The maximum absolute atomic E-state index is 9.27. The maximum Gasteiger partial charge on any atom is 0.0963 e. The third-order valence-corrected chi connectivity index (χ3v) is 4.34. The van der Waals surface area contributed by atoms with E-state index in [2.05, 4.69) is 67.3 Å². The van der Waals surface area contributed by atoms with Gasteiger partial charge in [-0.2, -0.15) is 5.26 Å². The SMILES string of the molecule is CN(C)c1ccc(/C=C/C2=CC(=C(\C#N)CN)/CC(C)(C)C2)cc1. The zero-order chi connectivity index (χ0) is 17.7. The van der Waals surface area contributed by atoms with Crippen LogP contribution in [0.2, 0.25) is 0 Å². The van der Waals surface area contributed by atoms with Gasteiger partial charge in [0.25, 0.3) is 0 Å². The van der Waals surface area contributed by atoms with Gasteiger partial charge in [0.1, 0.15) is 0 Å². The molecule has 3 heteroatoms. The molecule has 0 aliphatic heterocycles. The Balaban J connectivity index is 2.26. The predicted octanol–water partition coefficient (Wildman–Crippen LogP) is 4.29. The number of benzene rings is 1. The first-order valence-corrected chi connectivity index (χ1v) is 8.33. The minimum absolute atomic E-state index is 0.149. The predicted molar refractivity (Wildman–Crippen MR) is 103 cm³/mol. The lowest BCUT2D eigenvalue weighted by Crippen LogP contribution is -2.19. The second-order valence-corrected chi connectivity index (χ2v) is 7.38. The zero-order valence-corrected chi connectivity index (χ0v) is 15.1. The average molecular weight is 321 g/mol. The molecule has 126 valence electrons. The Hall–Kier alpha value is -2.31. The summed E-state index contributed by atoms with van der Waals surface area (Å²) >= 11 is 0. The molecule has 0 saturated heterocycles. The molecule has 1 aliphatic rings. The van der Waals surface area contributed by atoms with Gasteiger partial charge in [-0.15, -0.1) is 0 Å². The van der Waals surface area contributed by atoms with Gasteiger partial charge in [-0.3, -0.25) is 0 Å². The maximum atomic E-state index is 9.27. The molecule has 0 saturated carbocycles. The van der Waals surface area contributed by atoms with E-state index in [0.717, 1.165) is 18.4 Å². The van der Waals surface area contributed by atoms with Crippen LogP contribution in [-0.2, 0) is 0 Å². The smallest absolute Gasteiger partial charge is 0.0963 e.